The summed E-state index contributed by atoms with van der Waals surface area (Å²) in [6.45, 7) is 7.98. The van der Waals surface area contributed by atoms with Gasteiger partial charge in [-0.2, -0.15) is 0 Å². The third kappa shape index (κ3) is 3.19. The maximum absolute atomic E-state index is 14.4. The number of hydrogen-bond acceptors (Lipinski definition) is 4. The van der Waals surface area contributed by atoms with E-state index in [1.807, 2.05) is 6.26 Å². The topological polar surface area (TPSA) is 45.9 Å². The lowest BCUT2D eigenvalue weighted by Gasteiger charge is -2.15. The summed E-state index contributed by atoms with van der Waals surface area (Å²) < 4.78 is 20.3. The smallest absolute Gasteiger partial charge is 0.414 e. The predicted octanol–water partition coefficient (Wildman–Crippen LogP) is 3.30. The highest BCUT2D eigenvalue weighted by Crippen LogP contribution is 2.50. The highest BCUT2D eigenvalue weighted by Gasteiger charge is 2.54. The van der Waals surface area contributed by atoms with Crippen LogP contribution in [0.4, 0.5) is 14.9 Å². The summed E-state index contributed by atoms with van der Waals surface area (Å²) in [7, 11) is 0. The van der Waals surface area contributed by atoms with Gasteiger partial charge in [-0.05, 0) is 24.5 Å². The Morgan fingerprint density at radius 1 is 1.62 bits per heavy atom. The minimum Gasteiger partial charge on any atom is -0.442 e. The highest BCUT2D eigenvalue weighted by atomic mass is 32.2. The predicted molar refractivity (Wildman–Crippen MR) is 95.6 cm³/mol. The molecule has 5 nitrogen and oxygen atoms in total. The molecule has 1 saturated carbocycles. The zero-order valence-electron chi connectivity index (χ0n) is 13.0. The fraction of sp³-hybridized carbons (Fsp3) is 0.438. The average Bonchev–Trinajstić information content (AvgIpc) is 3.29. The second-order valence-electron chi connectivity index (χ2n) is 5.80. The van der Waals surface area contributed by atoms with Crippen molar-refractivity contribution in [2.45, 2.75) is 24.5 Å². The van der Waals surface area contributed by atoms with Crippen molar-refractivity contribution in [2.75, 3.05) is 24.2 Å². The van der Waals surface area contributed by atoms with E-state index in [-0.39, 0.29) is 6.10 Å². The molecule has 1 saturated heterocycles. The average molecular weight is 365 g/mol. The van der Waals surface area contributed by atoms with E-state index < -0.39 is 17.4 Å². The summed E-state index contributed by atoms with van der Waals surface area (Å²) in [5.41, 5.74) is 0.156. The molecule has 126 valence electrons. The van der Waals surface area contributed by atoms with Gasteiger partial charge in [0.25, 0.3) is 5.54 Å². The Morgan fingerprint density at radius 2 is 2.38 bits per heavy atom. The quantitative estimate of drug-likeness (QED) is 0.655. The van der Waals surface area contributed by atoms with Gasteiger partial charge < -0.3 is 14.9 Å². The number of thiocarbonyl (C=S) groups is 1. The van der Waals surface area contributed by atoms with Crippen LogP contribution in [0.3, 0.4) is 0 Å². The molecule has 1 unspecified atom stereocenters. The van der Waals surface area contributed by atoms with E-state index in [0.29, 0.717) is 41.5 Å². The number of ether oxygens (including phenoxy) is 1. The van der Waals surface area contributed by atoms with Gasteiger partial charge in [0, 0.05) is 12.8 Å². The molecule has 1 N–H and O–H groups in total. The fourth-order valence-electron chi connectivity index (χ4n) is 2.72. The first kappa shape index (κ1) is 17.0. The Bertz CT molecular complexity index is 731. The van der Waals surface area contributed by atoms with Gasteiger partial charge in [-0.1, -0.05) is 12.2 Å². The molecular formula is C16H16FN3O2S2. The molecule has 24 heavy (non-hydrogen) atoms. The Hall–Kier alpha value is -1.85. The van der Waals surface area contributed by atoms with Crippen LogP contribution in [-0.4, -0.2) is 35.9 Å². The number of halogens is 1. The Labute approximate surface area is 149 Å². The van der Waals surface area contributed by atoms with E-state index in [9.17, 15) is 9.18 Å². The lowest BCUT2D eigenvalue weighted by atomic mass is 10.0. The summed E-state index contributed by atoms with van der Waals surface area (Å²) in [5.74, 6) is -0.445. The van der Waals surface area contributed by atoms with Crippen LogP contribution in [0.1, 0.15) is 18.4 Å². The number of nitrogens with zero attached hydrogens (tertiary/aromatic N) is 2. The third-order valence-electron chi connectivity index (χ3n) is 4.24. The highest BCUT2D eigenvalue weighted by molar-refractivity contribution is 8.22. The second-order valence-corrected chi connectivity index (χ2v) is 7.28. The van der Waals surface area contributed by atoms with Crippen LogP contribution in [0.5, 0.6) is 0 Å². The first-order chi connectivity index (χ1) is 11.5. The molecule has 0 bridgehead atoms. The van der Waals surface area contributed by atoms with E-state index >= 15 is 0 Å². The van der Waals surface area contributed by atoms with Gasteiger partial charge in [-0.3, -0.25) is 4.90 Å². The van der Waals surface area contributed by atoms with Crippen molar-refractivity contribution >= 4 is 40.1 Å². The van der Waals surface area contributed by atoms with Crippen molar-refractivity contribution in [3.05, 3.63) is 41.0 Å². The van der Waals surface area contributed by atoms with E-state index in [4.69, 9.17) is 23.5 Å². The van der Waals surface area contributed by atoms with Gasteiger partial charge in [0.05, 0.1) is 24.3 Å². The number of rotatable bonds is 4. The number of carbonyl (C=O) groups excluding carboxylic acids is 1. The largest absolute Gasteiger partial charge is 0.442 e. The van der Waals surface area contributed by atoms with Crippen molar-refractivity contribution in [1.82, 2.24) is 5.32 Å². The van der Waals surface area contributed by atoms with Crippen molar-refractivity contribution < 1.29 is 13.9 Å². The van der Waals surface area contributed by atoms with Crippen molar-refractivity contribution in [3.63, 3.8) is 0 Å². The van der Waals surface area contributed by atoms with Crippen LogP contribution >= 0.6 is 24.0 Å². The van der Waals surface area contributed by atoms with Gasteiger partial charge in [-0.25, -0.2) is 15.8 Å². The lowest BCUT2D eigenvalue weighted by Crippen LogP contribution is -2.32. The van der Waals surface area contributed by atoms with Crippen LogP contribution in [-0.2, 0) is 10.3 Å². The number of hydrogen-bond donors (Lipinski definition) is 1. The molecule has 1 aliphatic heterocycles. The van der Waals surface area contributed by atoms with Gasteiger partial charge in [-0.15, -0.1) is 11.8 Å². The molecule has 0 spiro atoms. The Kier molecular flexibility index (Phi) is 4.65. The zero-order valence-corrected chi connectivity index (χ0v) is 14.7. The SMILES string of the molecule is [C-]#[N+]C1(c2ccc(N3CC(CNC(=S)SC)OC3=O)cc2F)CC1. The summed E-state index contributed by atoms with van der Waals surface area (Å²) in [4.78, 5) is 17.0. The third-order valence-corrected chi connectivity index (χ3v) is 5.40. The molecule has 0 aromatic heterocycles. The van der Waals surface area contributed by atoms with Crippen LogP contribution in [0.25, 0.3) is 4.85 Å². The van der Waals surface area contributed by atoms with E-state index in [1.54, 1.807) is 12.1 Å². The van der Waals surface area contributed by atoms with Crippen LogP contribution in [0.2, 0.25) is 0 Å². The number of thioether (sulfide) groups is 1. The number of carbonyl (C=O) groups is 1. The van der Waals surface area contributed by atoms with Crippen LogP contribution in [0.15, 0.2) is 18.2 Å². The molecule has 1 heterocycles. The molecule has 1 aromatic rings. The van der Waals surface area contributed by atoms with E-state index in [0.717, 1.165) is 0 Å². The molecule has 1 aliphatic carbocycles. The maximum Gasteiger partial charge on any atom is 0.414 e. The van der Waals surface area contributed by atoms with Crippen molar-refractivity contribution in [1.29, 1.82) is 0 Å². The van der Waals surface area contributed by atoms with Crippen molar-refractivity contribution in [2.24, 2.45) is 0 Å². The minimum absolute atomic E-state index is 0.329. The van der Waals surface area contributed by atoms with Crippen molar-refractivity contribution in [3.8, 4) is 0 Å². The van der Waals surface area contributed by atoms with Gasteiger partial charge in [0.2, 0.25) is 0 Å². The molecule has 1 aromatic carbocycles. The molecule has 8 heteroatoms. The first-order valence-corrected chi connectivity index (χ1v) is 9.11. The lowest BCUT2D eigenvalue weighted by molar-refractivity contribution is 0.143. The molecular weight excluding hydrogens is 349 g/mol. The summed E-state index contributed by atoms with van der Waals surface area (Å²) >= 11 is 6.46. The standard InChI is InChI=1S/C16H16FN3O2S2/c1-18-16(5-6-16)12-4-3-10(7-13(12)17)20-9-11(22-15(20)21)8-19-14(23)24-2/h3-4,7,11H,5-6,8-9H2,2H3,(H,19,23). The maximum atomic E-state index is 14.4. The summed E-state index contributed by atoms with van der Waals surface area (Å²) in [6.07, 6.45) is 2.38. The fourth-order valence-corrected chi connectivity index (χ4v) is 3.03. The first-order valence-electron chi connectivity index (χ1n) is 7.48. The molecule has 3 rings (SSSR count). The number of anilines is 1. The second kappa shape index (κ2) is 6.57. The minimum atomic E-state index is -0.700. The normalized spacial score (nSPS) is 21.1. The number of benzene rings is 1. The number of amides is 1. The molecule has 1 atom stereocenters. The van der Waals surface area contributed by atoms with Crippen LogP contribution < -0.4 is 10.2 Å². The van der Waals surface area contributed by atoms with E-state index in [2.05, 4.69) is 10.2 Å². The molecule has 2 aliphatic rings. The molecule has 2 fully saturated rings. The monoisotopic (exact) mass is 365 g/mol. The number of nitrogens with one attached hydrogen (secondary N) is 1. The summed E-state index contributed by atoms with van der Waals surface area (Å²) in [5, 5.41) is 3.01. The Morgan fingerprint density at radius 3 is 2.96 bits per heavy atom. The van der Waals surface area contributed by atoms with Gasteiger partial charge >= 0.3 is 6.09 Å². The Balaban J connectivity index is 1.71. The zero-order chi connectivity index (χ0) is 17.3. The summed E-state index contributed by atoms with van der Waals surface area (Å²) in [6, 6.07) is 4.59. The van der Waals surface area contributed by atoms with Gasteiger partial charge in [0.1, 0.15) is 16.2 Å². The van der Waals surface area contributed by atoms with Gasteiger partial charge in [0.15, 0.2) is 0 Å². The van der Waals surface area contributed by atoms with Crippen LogP contribution in [0, 0.1) is 12.4 Å². The molecule has 0 radical (unpaired) electrons. The number of cyclic esters (lactones) is 1. The molecule has 1 amide bonds. The van der Waals surface area contributed by atoms with E-state index in [1.165, 1.54) is 22.7 Å².